The lowest BCUT2D eigenvalue weighted by atomic mass is 10.0. The molecular weight excluding hydrogens is 134 g/mol. The van der Waals surface area contributed by atoms with E-state index in [0.29, 0.717) is 0 Å². The first kappa shape index (κ1) is 9.71. The molecule has 0 spiro atoms. The van der Waals surface area contributed by atoms with Crippen molar-refractivity contribution in [1.82, 2.24) is 0 Å². The molecule has 58 valence electrons. The number of hydrogen-bond donors (Lipinski definition) is 0. The Kier molecular flexibility index (Phi) is 4.85. The van der Waals surface area contributed by atoms with Gasteiger partial charge in [0.1, 0.15) is 0 Å². The van der Waals surface area contributed by atoms with Crippen LogP contribution in [0.3, 0.4) is 0 Å². The average molecular weight is 147 g/mol. The molecule has 0 aromatic heterocycles. The van der Waals surface area contributed by atoms with Crippen molar-refractivity contribution in [3.05, 3.63) is 36.5 Å². The molecule has 0 aliphatic carbocycles. The van der Waals surface area contributed by atoms with Crippen molar-refractivity contribution >= 4 is 0 Å². The normalized spacial score (nSPS) is 14.5. The molecule has 0 N–H and O–H groups in total. The highest BCUT2D eigenvalue weighted by Crippen LogP contribution is 2.09. The Balaban J connectivity index is 4.41. The van der Waals surface area contributed by atoms with Gasteiger partial charge in [0.15, 0.2) is 0 Å². The summed E-state index contributed by atoms with van der Waals surface area (Å²) in [5.74, 6) is -0.0660. The molecule has 0 saturated heterocycles. The molecular formula is C10H13N. The van der Waals surface area contributed by atoms with Crippen molar-refractivity contribution < 1.29 is 0 Å². The van der Waals surface area contributed by atoms with E-state index in [1.807, 2.05) is 32.1 Å². The van der Waals surface area contributed by atoms with Crippen LogP contribution in [0.1, 0.15) is 13.8 Å². The first-order chi connectivity index (χ1) is 5.26. The topological polar surface area (TPSA) is 23.8 Å². The van der Waals surface area contributed by atoms with E-state index in [1.54, 1.807) is 6.08 Å². The third kappa shape index (κ3) is 3.42. The van der Waals surface area contributed by atoms with Gasteiger partial charge in [-0.3, -0.25) is 0 Å². The zero-order chi connectivity index (χ0) is 8.69. The minimum atomic E-state index is -0.0660. The van der Waals surface area contributed by atoms with Gasteiger partial charge in [-0.1, -0.05) is 30.9 Å². The van der Waals surface area contributed by atoms with Gasteiger partial charge < -0.3 is 0 Å². The standard InChI is InChI=1S/C10H13N/c1-4-6-7-10(5-2)9(3)8-11/h4-7,9H,2H2,1,3H3/b6-4-,10-7+. The maximum absolute atomic E-state index is 8.57. The van der Waals surface area contributed by atoms with Crippen molar-refractivity contribution in [3.8, 4) is 6.07 Å². The molecule has 0 aromatic rings. The Morgan fingerprint density at radius 1 is 1.64 bits per heavy atom. The number of nitrogens with zero attached hydrogens (tertiary/aromatic N) is 1. The Labute approximate surface area is 68.3 Å². The fourth-order valence-corrected chi connectivity index (χ4v) is 0.671. The number of nitriles is 1. The van der Waals surface area contributed by atoms with E-state index in [0.717, 1.165) is 5.57 Å². The van der Waals surface area contributed by atoms with E-state index in [1.165, 1.54) is 0 Å². The predicted molar refractivity (Wildman–Crippen MR) is 47.9 cm³/mol. The van der Waals surface area contributed by atoms with Crippen LogP contribution in [0.2, 0.25) is 0 Å². The summed E-state index contributed by atoms with van der Waals surface area (Å²) in [4.78, 5) is 0. The summed E-state index contributed by atoms with van der Waals surface area (Å²) in [6.45, 7) is 7.43. The Hall–Kier alpha value is -1.29. The fraction of sp³-hybridized carbons (Fsp3) is 0.300. The lowest BCUT2D eigenvalue weighted by Gasteiger charge is -1.99. The highest BCUT2D eigenvalue weighted by molar-refractivity contribution is 5.27. The molecule has 0 saturated carbocycles. The SMILES string of the molecule is C=C/C(=C\C=C/C)C(C)C#N. The van der Waals surface area contributed by atoms with Crippen LogP contribution in [-0.2, 0) is 0 Å². The summed E-state index contributed by atoms with van der Waals surface area (Å²) in [7, 11) is 0. The van der Waals surface area contributed by atoms with Crippen LogP contribution >= 0.6 is 0 Å². The van der Waals surface area contributed by atoms with Crippen LogP contribution in [0.5, 0.6) is 0 Å². The molecule has 11 heavy (non-hydrogen) atoms. The summed E-state index contributed by atoms with van der Waals surface area (Å²) in [5.41, 5.74) is 0.964. The lowest BCUT2D eigenvalue weighted by molar-refractivity contribution is 0.909. The molecule has 1 nitrogen and oxygen atoms in total. The summed E-state index contributed by atoms with van der Waals surface area (Å²) in [5, 5.41) is 8.57. The van der Waals surface area contributed by atoms with E-state index in [2.05, 4.69) is 12.6 Å². The van der Waals surface area contributed by atoms with Gasteiger partial charge in [-0.2, -0.15) is 5.26 Å². The quantitative estimate of drug-likeness (QED) is 0.563. The number of allylic oxidation sites excluding steroid dienone is 5. The van der Waals surface area contributed by atoms with Gasteiger partial charge in [-0.15, -0.1) is 0 Å². The number of hydrogen-bond acceptors (Lipinski definition) is 1. The number of rotatable bonds is 3. The minimum absolute atomic E-state index is 0.0660. The Bertz CT molecular complexity index is 216. The lowest BCUT2D eigenvalue weighted by Crippen LogP contribution is -1.91. The highest BCUT2D eigenvalue weighted by atomic mass is 14.3. The molecule has 1 atom stereocenters. The Morgan fingerprint density at radius 3 is 2.64 bits per heavy atom. The molecule has 0 aliphatic rings. The third-order valence-electron chi connectivity index (χ3n) is 1.41. The van der Waals surface area contributed by atoms with Crippen LogP contribution in [0.4, 0.5) is 0 Å². The largest absolute Gasteiger partial charge is 0.198 e. The summed E-state index contributed by atoms with van der Waals surface area (Å²) < 4.78 is 0. The third-order valence-corrected chi connectivity index (χ3v) is 1.41. The van der Waals surface area contributed by atoms with Gasteiger partial charge in [0.05, 0.1) is 12.0 Å². The molecule has 1 unspecified atom stereocenters. The van der Waals surface area contributed by atoms with Gasteiger partial charge in [0.2, 0.25) is 0 Å². The van der Waals surface area contributed by atoms with Crippen molar-refractivity contribution in [2.75, 3.05) is 0 Å². The van der Waals surface area contributed by atoms with Crippen LogP contribution in [-0.4, -0.2) is 0 Å². The first-order valence-corrected chi connectivity index (χ1v) is 3.61. The van der Waals surface area contributed by atoms with E-state index in [9.17, 15) is 0 Å². The first-order valence-electron chi connectivity index (χ1n) is 3.61. The second kappa shape index (κ2) is 5.49. The Morgan fingerprint density at radius 2 is 2.27 bits per heavy atom. The van der Waals surface area contributed by atoms with Crippen molar-refractivity contribution in [3.63, 3.8) is 0 Å². The van der Waals surface area contributed by atoms with Crippen molar-refractivity contribution in [2.24, 2.45) is 5.92 Å². The summed E-state index contributed by atoms with van der Waals surface area (Å²) in [6, 6.07) is 2.15. The summed E-state index contributed by atoms with van der Waals surface area (Å²) in [6.07, 6.45) is 7.45. The maximum atomic E-state index is 8.57. The molecule has 0 amide bonds. The molecule has 0 heterocycles. The van der Waals surface area contributed by atoms with Gasteiger partial charge >= 0.3 is 0 Å². The van der Waals surface area contributed by atoms with E-state index in [4.69, 9.17) is 5.26 Å². The molecule has 0 radical (unpaired) electrons. The molecule has 0 aromatic carbocycles. The fourth-order valence-electron chi connectivity index (χ4n) is 0.671. The van der Waals surface area contributed by atoms with Crippen LogP contribution in [0.25, 0.3) is 0 Å². The maximum Gasteiger partial charge on any atom is 0.0700 e. The smallest absolute Gasteiger partial charge is 0.0700 e. The molecule has 0 aliphatic heterocycles. The molecule has 0 rings (SSSR count). The summed E-state index contributed by atoms with van der Waals surface area (Å²) >= 11 is 0. The average Bonchev–Trinajstić information content (AvgIpc) is 2.05. The zero-order valence-electron chi connectivity index (χ0n) is 7.04. The van der Waals surface area contributed by atoms with Gasteiger partial charge in [-0.05, 0) is 19.4 Å². The molecule has 1 heteroatoms. The van der Waals surface area contributed by atoms with Crippen LogP contribution in [0, 0.1) is 17.2 Å². The van der Waals surface area contributed by atoms with Crippen molar-refractivity contribution in [1.29, 1.82) is 5.26 Å². The van der Waals surface area contributed by atoms with Gasteiger partial charge in [-0.25, -0.2) is 0 Å². The second-order valence-corrected chi connectivity index (χ2v) is 2.25. The van der Waals surface area contributed by atoms with Crippen LogP contribution < -0.4 is 0 Å². The van der Waals surface area contributed by atoms with Crippen LogP contribution in [0.15, 0.2) is 36.5 Å². The van der Waals surface area contributed by atoms with E-state index >= 15 is 0 Å². The van der Waals surface area contributed by atoms with Gasteiger partial charge in [0.25, 0.3) is 0 Å². The minimum Gasteiger partial charge on any atom is -0.198 e. The van der Waals surface area contributed by atoms with E-state index in [-0.39, 0.29) is 5.92 Å². The highest BCUT2D eigenvalue weighted by Gasteiger charge is 2.00. The molecule has 0 fully saturated rings. The zero-order valence-corrected chi connectivity index (χ0v) is 7.04. The molecule has 0 bridgehead atoms. The van der Waals surface area contributed by atoms with Crippen molar-refractivity contribution in [2.45, 2.75) is 13.8 Å². The second-order valence-electron chi connectivity index (χ2n) is 2.25. The predicted octanol–water partition coefficient (Wildman–Crippen LogP) is 2.83. The monoisotopic (exact) mass is 147 g/mol. The van der Waals surface area contributed by atoms with Gasteiger partial charge in [0, 0.05) is 0 Å². The van der Waals surface area contributed by atoms with E-state index < -0.39 is 0 Å².